The van der Waals surface area contributed by atoms with Gasteiger partial charge in [-0.1, -0.05) is 5.16 Å². The van der Waals surface area contributed by atoms with Crippen molar-refractivity contribution in [1.29, 1.82) is 0 Å². The maximum atomic E-state index is 12.5. The third kappa shape index (κ3) is 4.77. The van der Waals surface area contributed by atoms with Gasteiger partial charge in [-0.2, -0.15) is 4.98 Å². The highest BCUT2D eigenvalue weighted by molar-refractivity contribution is 5.74. The molecule has 1 atom stereocenters. The molecule has 2 amide bonds. The van der Waals surface area contributed by atoms with Crippen LogP contribution in [0.2, 0.25) is 0 Å². The topological polar surface area (TPSA) is 89.7 Å². The lowest BCUT2D eigenvalue weighted by molar-refractivity contribution is 0.0217. The highest BCUT2D eigenvalue weighted by Gasteiger charge is 2.25. The van der Waals surface area contributed by atoms with E-state index in [-0.39, 0.29) is 18.2 Å². The van der Waals surface area contributed by atoms with Gasteiger partial charge >= 0.3 is 6.03 Å². The second kappa shape index (κ2) is 8.85. The van der Waals surface area contributed by atoms with Crippen molar-refractivity contribution in [2.75, 3.05) is 26.8 Å². The van der Waals surface area contributed by atoms with Crippen molar-refractivity contribution in [3.8, 4) is 17.1 Å². The van der Waals surface area contributed by atoms with Gasteiger partial charge < -0.3 is 24.2 Å². The number of rotatable bonds is 6. The molecule has 27 heavy (non-hydrogen) atoms. The number of carbonyl (C=O) groups is 1. The summed E-state index contributed by atoms with van der Waals surface area (Å²) in [4.78, 5) is 18.7. The summed E-state index contributed by atoms with van der Waals surface area (Å²) >= 11 is 0. The number of hydrogen-bond acceptors (Lipinski definition) is 6. The fourth-order valence-electron chi connectivity index (χ4n) is 3.07. The Hall–Kier alpha value is -2.61. The van der Waals surface area contributed by atoms with Crippen LogP contribution in [0.15, 0.2) is 28.8 Å². The van der Waals surface area contributed by atoms with Gasteiger partial charge in [-0.25, -0.2) is 4.79 Å². The lowest BCUT2D eigenvalue weighted by Crippen LogP contribution is -2.46. The van der Waals surface area contributed by atoms with Crippen LogP contribution in [0.1, 0.15) is 38.6 Å². The number of carbonyl (C=O) groups excluding carboxylic acids is 1. The first-order chi connectivity index (χ1) is 13.1. The smallest absolute Gasteiger partial charge is 0.318 e. The summed E-state index contributed by atoms with van der Waals surface area (Å²) in [6, 6.07) is 6.90. The maximum absolute atomic E-state index is 12.5. The van der Waals surface area contributed by atoms with Gasteiger partial charge in [0.25, 0.3) is 0 Å². The lowest BCUT2D eigenvalue weighted by atomic mass is 10.1. The molecule has 146 valence electrons. The first kappa shape index (κ1) is 19.2. The largest absolute Gasteiger partial charge is 0.497 e. The van der Waals surface area contributed by atoms with Crippen molar-refractivity contribution in [2.24, 2.45) is 0 Å². The Morgan fingerprint density at radius 1 is 1.33 bits per heavy atom. The van der Waals surface area contributed by atoms with Gasteiger partial charge in [0.05, 0.1) is 13.2 Å². The standard InChI is InChI=1S/C19H26N4O4/c1-4-26-16-9-11-23(12-10-16)19(24)20-13(2)18-21-17(22-27-18)14-5-7-15(25-3)8-6-14/h5-8,13,16H,4,9-12H2,1-3H3,(H,20,24). The van der Waals surface area contributed by atoms with Crippen LogP contribution in [-0.2, 0) is 4.74 Å². The van der Waals surface area contributed by atoms with Crippen LogP contribution in [0.25, 0.3) is 11.4 Å². The monoisotopic (exact) mass is 374 g/mol. The summed E-state index contributed by atoms with van der Waals surface area (Å²) in [5, 5.41) is 6.93. The molecule has 0 spiro atoms. The Labute approximate surface area is 158 Å². The average molecular weight is 374 g/mol. The van der Waals surface area contributed by atoms with Gasteiger partial charge in [-0.3, -0.25) is 0 Å². The third-order valence-electron chi connectivity index (χ3n) is 4.63. The summed E-state index contributed by atoms with van der Waals surface area (Å²) in [5.41, 5.74) is 0.822. The number of piperidine rings is 1. The third-order valence-corrected chi connectivity index (χ3v) is 4.63. The number of benzene rings is 1. The van der Waals surface area contributed by atoms with E-state index in [0.717, 1.165) is 24.2 Å². The number of nitrogens with zero attached hydrogens (tertiary/aromatic N) is 3. The summed E-state index contributed by atoms with van der Waals surface area (Å²) in [7, 11) is 1.62. The molecular formula is C19H26N4O4. The first-order valence-corrected chi connectivity index (χ1v) is 9.25. The molecule has 1 saturated heterocycles. The van der Waals surface area contributed by atoms with Gasteiger partial charge in [0.15, 0.2) is 0 Å². The second-order valence-corrected chi connectivity index (χ2v) is 6.50. The number of aromatic nitrogens is 2. The predicted molar refractivity (Wildman–Crippen MR) is 99.5 cm³/mol. The molecule has 1 aliphatic rings. The van der Waals surface area contributed by atoms with Crippen LogP contribution < -0.4 is 10.1 Å². The van der Waals surface area contributed by atoms with Crippen LogP contribution in [0.5, 0.6) is 5.75 Å². The van der Waals surface area contributed by atoms with E-state index >= 15 is 0 Å². The maximum Gasteiger partial charge on any atom is 0.318 e. The van der Waals surface area contributed by atoms with E-state index in [0.29, 0.717) is 31.4 Å². The number of ether oxygens (including phenoxy) is 2. The normalized spacial score (nSPS) is 16.2. The number of likely N-dealkylation sites (tertiary alicyclic amines) is 1. The molecule has 2 aromatic rings. The fraction of sp³-hybridized carbons (Fsp3) is 0.526. The van der Waals surface area contributed by atoms with E-state index in [1.54, 1.807) is 12.0 Å². The molecule has 0 radical (unpaired) electrons. The molecule has 1 aromatic heterocycles. The minimum absolute atomic E-state index is 0.123. The molecule has 8 nitrogen and oxygen atoms in total. The highest BCUT2D eigenvalue weighted by Crippen LogP contribution is 2.22. The van der Waals surface area contributed by atoms with E-state index in [9.17, 15) is 4.79 Å². The van der Waals surface area contributed by atoms with Crippen LogP contribution >= 0.6 is 0 Å². The fourth-order valence-corrected chi connectivity index (χ4v) is 3.07. The van der Waals surface area contributed by atoms with E-state index < -0.39 is 0 Å². The summed E-state index contributed by atoms with van der Waals surface area (Å²) in [6.07, 6.45) is 1.97. The first-order valence-electron chi connectivity index (χ1n) is 9.25. The molecule has 1 fully saturated rings. The zero-order chi connectivity index (χ0) is 19.2. The van der Waals surface area contributed by atoms with E-state index in [2.05, 4.69) is 15.5 Å². The summed E-state index contributed by atoms with van der Waals surface area (Å²) in [6.45, 7) is 5.90. The summed E-state index contributed by atoms with van der Waals surface area (Å²) < 4.78 is 16.1. The van der Waals surface area contributed by atoms with Crippen LogP contribution in [-0.4, -0.2) is 54.0 Å². The van der Waals surface area contributed by atoms with Crippen molar-refractivity contribution >= 4 is 6.03 Å². The van der Waals surface area contributed by atoms with Crippen molar-refractivity contribution in [2.45, 2.75) is 38.8 Å². The number of amides is 2. The van der Waals surface area contributed by atoms with Crippen molar-refractivity contribution in [3.63, 3.8) is 0 Å². The Morgan fingerprint density at radius 2 is 2.04 bits per heavy atom. The van der Waals surface area contributed by atoms with Gasteiger partial charge in [-0.05, 0) is 51.0 Å². The van der Waals surface area contributed by atoms with Crippen LogP contribution in [0.3, 0.4) is 0 Å². The molecule has 0 aliphatic carbocycles. The Balaban J connectivity index is 1.56. The number of hydrogen-bond donors (Lipinski definition) is 1. The number of urea groups is 1. The molecule has 1 unspecified atom stereocenters. The van der Waals surface area contributed by atoms with E-state index in [4.69, 9.17) is 14.0 Å². The molecule has 0 bridgehead atoms. The molecule has 1 aliphatic heterocycles. The van der Waals surface area contributed by atoms with Gasteiger partial charge in [-0.15, -0.1) is 0 Å². The van der Waals surface area contributed by atoms with Crippen LogP contribution in [0.4, 0.5) is 4.79 Å². The molecule has 1 aromatic carbocycles. The highest BCUT2D eigenvalue weighted by atomic mass is 16.5. The SMILES string of the molecule is CCOC1CCN(C(=O)NC(C)c2nc(-c3ccc(OC)cc3)no2)CC1. The Morgan fingerprint density at radius 3 is 2.67 bits per heavy atom. The minimum atomic E-state index is -0.374. The van der Waals surface area contributed by atoms with Crippen molar-refractivity contribution in [1.82, 2.24) is 20.4 Å². The number of nitrogens with one attached hydrogen (secondary N) is 1. The molecule has 0 saturated carbocycles. The second-order valence-electron chi connectivity index (χ2n) is 6.50. The van der Waals surface area contributed by atoms with E-state index in [1.165, 1.54) is 0 Å². The molecule has 8 heteroatoms. The summed E-state index contributed by atoms with van der Waals surface area (Å²) in [5.74, 6) is 1.61. The number of methoxy groups -OCH3 is 1. The molecule has 3 rings (SSSR count). The minimum Gasteiger partial charge on any atom is -0.497 e. The predicted octanol–water partition coefficient (Wildman–Crippen LogP) is 3.02. The van der Waals surface area contributed by atoms with Crippen molar-refractivity contribution in [3.05, 3.63) is 30.2 Å². The van der Waals surface area contributed by atoms with Gasteiger partial charge in [0, 0.05) is 25.3 Å². The lowest BCUT2D eigenvalue weighted by Gasteiger charge is -2.32. The molecule has 2 heterocycles. The Kier molecular flexibility index (Phi) is 6.28. The molecule has 1 N–H and O–H groups in total. The average Bonchev–Trinajstić information content (AvgIpc) is 3.19. The van der Waals surface area contributed by atoms with Gasteiger partial charge in [0.1, 0.15) is 11.8 Å². The van der Waals surface area contributed by atoms with E-state index in [1.807, 2.05) is 38.1 Å². The zero-order valence-corrected chi connectivity index (χ0v) is 16.0. The quantitative estimate of drug-likeness (QED) is 0.836. The van der Waals surface area contributed by atoms with Crippen LogP contribution in [0, 0.1) is 0 Å². The zero-order valence-electron chi connectivity index (χ0n) is 16.0. The van der Waals surface area contributed by atoms with Crippen molar-refractivity contribution < 1.29 is 18.8 Å². The Bertz CT molecular complexity index is 738. The molecular weight excluding hydrogens is 348 g/mol. The van der Waals surface area contributed by atoms with Gasteiger partial charge in [0.2, 0.25) is 11.7 Å².